The van der Waals surface area contributed by atoms with Crippen LogP contribution in [0, 0.1) is 5.92 Å². The smallest absolute Gasteiger partial charge is 0.237 e. The number of nitrogens with two attached hydrogens (primary N) is 1. The number of rotatable bonds is 4. The van der Waals surface area contributed by atoms with Crippen molar-refractivity contribution in [3.8, 4) is 0 Å². The second-order valence-electron chi connectivity index (χ2n) is 6.42. The molecule has 0 aliphatic heterocycles. The van der Waals surface area contributed by atoms with Crippen molar-refractivity contribution in [2.45, 2.75) is 30.8 Å². The van der Waals surface area contributed by atoms with Crippen molar-refractivity contribution >= 4 is 18.3 Å². The number of carbonyl (C=O) groups excluding carboxylic acids is 1. The Balaban J connectivity index is 0.00000156. The fourth-order valence-corrected chi connectivity index (χ4v) is 3.78. The van der Waals surface area contributed by atoms with Crippen molar-refractivity contribution in [1.29, 1.82) is 0 Å². The normalized spacial score (nSPS) is 24.8. The van der Waals surface area contributed by atoms with E-state index in [2.05, 4.69) is 29.6 Å². The van der Waals surface area contributed by atoms with Gasteiger partial charge in [-0.15, -0.1) is 12.4 Å². The summed E-state index contributed by atoms with van der Waals surface area (Å²) in [5.41, 5.74) is 10.0. The van der Waals surface area contributed by atoms with E-state index in [0.29, 0.717) is 18.3 Å². The van der Waals surface area contributed by atoms with Gasteiger partial charge in [-0.25, -0.2) is 0 Å². The molecule has 0 saturated heterocycles. The minimum Gasteiger partial charge on any atom is -0.351 e. The minimum absolute atomic E-state index is 0. The van der Waals surface area contributed by atoms with Gasteiger partial charge in [0, 0.05) is 12.0 Å². The van der Waals surface area contributed by atoms with Gasteiger partial charge in [0.1, 0.15) is 0 Å². The summed E-state index contributed by atoms with van der Waals surface area (Å²) < 4.78 is 0. The first kappa shape index (κ1) is 16.0. The molecule has 4 atom stereocenters. The summed E-state index contributed by atoms with van der Waals surface area (Å²) in [4.78, 5) is 12.3. The van der Waals surface area contributed by atoms with Gasteiger partial charge in [0.05, 0.1) is 6.04 Å². The van der Waals surface area contributed by atoms with Crippen LogP contribution in [0.25, 0.3) is 0 Å². The van der Waals surface area contributed by atoms with Crippen LogP contribution in [-0.4, -0.2) is 18.0 Å². The van der Waals surface area contributed by atoms with Gasteiger partial charge in [0.25, 0.3) is 0 Å². The van der Waals surface area contributed by atoms with Crippen LogP contribution < -0.4 is 11.1 Å². The summed E-state index contributed by atoms with van der Waals surface area (Å²) in [5, 5.41) is 3.15. The van der Waals surface area contributed by atoms with Crippen molar-refractivity contribution < 1.29 is 4.79 Å². The van der Waals surface area contributed by atoms with Crippen molar-refractivity contribution in [3.63, 3.8) is 0 Å². The van der Waals surface area contributed by atoms with E-state index in [1.54, 1.807) is 0 Å². The number of amides is 1. The molecule has 0 heterocycles. The molecule has 4 rings (SSSR count). The second-order valence-corrected chi connectivity index (χ2v) is 6.42. The van der Waals surface area contributed by atoms with Crippen LogP contribution in [0.5, 0.6) is 0 Å². The van der Waals surface area contributed by atoms with E-state index < -0.39 is 6.04 Å². The highest BCUT2D eigenvalue weighted by molar-refractivity contribution is 5.85. The maximum atomic E-state index is 12.3. The Kier molecular flexibility index (Phi) is 4.42. The van der Waals surface area contributed by atoms with Crippen LogP contribution >= 0.6 is 12.4 Å². The summed E-state index contributed by atoms with van der Waals surface area (Å²) in [7, 11) is 0. The van der Waals surface area contributed by atoms with Gasteiger partial charge in [-0.3, -0.25) is 4.79 Å². The summed E-state index contributed by atoms with van der Waals surface area (Å²) in [6, 6.07) is 18.3. The third-order valence-corrected chi connectivity index (χ3v) is 4.98. The highest BCUT2D eigenvalue weighted by atomic mass is 35.5. The summed E-state index contributed by atoms with van der Waals surface area (Å²) in [5.74, 6) is 1.05. The quantitative estimate of drug-likeness (QED) is 0.905. The lowest BCUT2D eigenvalue weighted by molar-refractivity contribution is -0.122. The SMILES string of the molecule is Cl.N[C@@H](Cc1ccccc1)C(=O)NC1C2Cc3ccccc3C21. The van der Waals surface area contributed by atoms with Crippen LogP contribution in [0.15, 0.2) is 54.6 Å². The molecule has 0 bridgehead atoms. The molecule has 0 aromatic heterocycles. The van der Waals surface area contributed by atoms with Crippen LogP contribution in [-0.2, 0) is 17.6 Å². The largest absolute Gasteiger partial charge is 0.351 e. The van der Waals surface area contributed by atoms with Gasteiger partial charge < -0.3 is 11.1 Å². The van der Waals surface area contributed by atoms with Crippen molar-refractivity contribution in [2.75, 3.05) is 0 Å². The number of carbonyl (C=O) groups is 1. The van der Waals surface area contributed by atoms with Crippen molar-refractivity contribution in [1.82, 2.24) is 5.32 Å². The summed E-state index contributed by atoms with van der Waals surface area (Å²) in [6.45, 7) is 0. The molecule has 1 fully saturated rings. The molecular formula is C19H21ClN2O. The molecule has 2 aromatic rings. The average molecular weight is 329 g/mol. The zero-order valence-electron chi connectivity index (χ0n) is 12.8. The number of nitrogens with one attached hydrogen (secondary N) is 1. The minimum atomic E-state index is -0.473. The molecular weight excluding hydrogens is 308 g/mol. The molecule has 1 saturated carbocycles. The maximum Gasteiger partial charge on any atom is 0.237 e. The topological polar surface area (TPSA) is 55.1 Å². The molecule has 2 aliphatic carbocycles. The fraction of sp³-hybridized carbons (Fsp3) is 0.316. The Hall–Kier alpha value is -1.84. The molecule has 2 aromatic carbocycles. The molecule has 3 N–H and O–H groups in total. The number of hydrogen-bond donors (Lipinski definition) is 2. The van der Waals surface area contributed by atoms with E-state index in [1.807, 2.05) is 30.3 Å². The molecule has 4 heteroatoms. The van der Waals surface area contributed by atoms with E-state index >= 15 is 0 Å². The first-order valence-corrected chi connectivity index (χ1v) is 7.92. The van der Waals surface area contributed by atoms with Gasteiger partial charge >= 0.3 is 0 Å². The Bertz CT molecular complexity index is 704. The Morgan fingerprint density at radius 3 is 2.61 bits per heavy atom. The lowest BCUT2D eigenvalue weighted by Crippen LogP contribution is -2.43. The van der Waals surface area contributed by atoms with E-state index in [1.165, 1.54) is 11.1 Å². The lowest BCUT2D eigenvalue weighted by Gasteiger charge is -2.14. The number of hydrogen-bond acceptors (Lipinski definition) is 2. The molecule has 1 amide bonds. The molecule has 3 unspecified atom stereocenters. The predicted molar refractivity (Wildman–Crippen MR) is 93.7 cm³/mol. The zero-order chi connectivity index (χ0) is 15.1. The van der Waals surface area contributed by atoms with Gasteiger partial charge in [-0.2, -0.15) is 0 Å². The van der Waals surface area contributed by atoms with E-state index in [-0.39, 0.29) is 24.4 Å². The van der Waals surface area contributed by atoms with Gasteiger partial charge in [0.2, 0.25) is 5.91 Å². The fourth-order valence-electron chi connectivity index (χ4n) is 3.78. The van der Waals surface area contributed by atoms with E-state index in [4.69, 9.17) is 5.73 Å². The van der Waals surface area contributed by atoms with Crippen molar-refractivity contribution in [2.24, 2.45) is 11.7 Å². The highest BCUT2D eigenvalue weighted by Crippen LogP contribution is 2.56. The summed E-state index contributed by atoms with van der Waals surface area (Å²) in [6.07, 6.45) is 1.67. The third kappa shape index (κ3) is 2.99. The maximum absolute atomic E-state index is 12.3. The zero-order valence-corrected chi connectivity index (χ0v) is 13.6. The standard InChI is InChI=1S/C19H20N2O.ClH/c20-16(10-12-6-2-1-3-7-12)19(22)21-18-15-11-13-8-4-5-9-14(13)17(15)18;/h1-9,15-18H,10-11,20H2,(H,21,22);1H/t15?,16-,17?,18?;/m0./s1. The molecule has 2 aliphatic rings. The van der Waals surface area contributed by atoms with Gasteiger partial charge in [0.15, 0.2) is 0 Å². The Morgan fingerprint density at radius 2 is 1.83 bits per heavy atom. The number of halogens is 1. The summed E-state index contributed by atoms with van der Waals surface area (Å²) >= 11 is 0. The van der Waals surface area contributed by atoms with E-state index in [0.717, 1.165) is 12.0 Å². The molecule has 120 valence electrons. The van der Waals surface area contributed by atoms with Crippen LogP contribution in [0.2, 0.25) is 0 Å². The van der Waals surface area contributed by atoms with Crippen LogP contribution in [0.4, 0.5) is 0 Å². The average Bonchev–Trinajstić information content (AvgIpc) is 3.05. The molecule has 23 heavy (non-hydrogen) atoms. The number of fused-ring (bicyclic) bond motifs is 3. The first-order chi connectivity index (χ1) is 10.7. The highest BCUT2D eigenvalue weighted by Gasteiger charge is 2.56. The Labute approximate surface area is 142 Å². The Morgan fingerprint density at radius 1 is 1.13 bits per heavy atom. The van der Waals surface area contributed by atoms with Gasteiger partial charge in [-0.05, 0) is 35.4 Å². The number of benzene rings is 2. The first-order valence-electron chi connectivity index (χ1n) is 7.92. The van der Waals surface area contributed by atoms with E-state index in [9.17, 15) is 4.79 Å². The van der Waals surface area contributed by atoms with Crippen molar-refractivity contribution in [3.05, 3.63) is 71.3 Å². The van der Waals surface area contributed by atoms with Crippen LogP contribution in [0.3, 0.4) is 0 Å². The predicted octanol–water partition coefficient (Wildman–Crippen LogP) is 2.43. The van der Waals surface area contributed by atoms with Gasteiger partial charge in [-0.1, -0.05) is 54.6 Å². The second kappa shape index (κ2) is 6.34. The molecule has 3 nitrogen and oxygen atoms in total. The monoisotopic (exact) mass is 328 g/mol. The molecule has 0 radical (unpaired) electrons. The molecule has 0 spiro atoms. The third-order valence-electron chi connectivity index (χ3n) is 4.98. The van der Waals surface area contributed by atoms with Crippen LogP contribution in [0.1, 0.15) is 22.6 Å². The lowest BCUT2D eigenvalue weighted by atomic mass is 10.0.